The third-order valence-corrected chi connectivity index (χ3v) is 2.46. The molecule has 0 aliphatic carbocycles. The number of ether oxygens (including phenoxy) is 2. The Labute approximate surface area is 107 Å². The molecule has 0 aliphatic heterocycles. The minimum absolute atomic E-state index is 0.264. The molecular weight excluding hydrogens is 234 g/mol. The van der Waals surface area contributed by atoms with Gasteiger partial charge >= 0.3 is 5.97 Å². The first-order valence-corrected chi connectivity index (χ1v) is 5.86. The Morgan fingerprint density at radius 1 is 1.44 bits per heavy atom. The zero-order valence-electron chi connectivity index (χ0n) is 10.7. The second kappa shape index (κ2) is 6.86. The van der Waals surface area contributed by atoms with E-state index in [4.69, 9.17) is 20.3 Å². The summed E-state index contributed by atoms with van der Waals surface area (Å²) in [4.78, 5) is 10.7. The Balaban J connectivity index is 2.81. The minimum atomic E-state index is -1.01. The van der Waals surface area contributed by atoms with E-state index in [1.54, 1.807) is 25.3 Å². The smallest absolute Gasteiger partial charge is 0.320 e. The number of methoxy groups -OCH3 is 1. The predicted molar refractivity (Wildman–Crippen MR) is 68.1 cm³/mol. The number of benzene rings is 1. The third kappa shape index (κ3) is 3.92. The molecule has 0 spiro atoms. The quantitative estimate of drug-likeness (QED) is 0.768. The maximum atomic E-state index is 10.7. The molecule has 0 saturated heterocycles. The van der Waals surface area contributed by atoms with Gasteiger partial charge in [0.25, 0.3) is 0 Å². The number of carbonyl (C=O) groups is 1. The Morgan fingerprint density at radius 2 is 2.17 bits per heavy atom. The lowest BCUT2D eigenvalue weighted by Gasteiger charge is -2.12. The molecular formula is C13H19NO4. The summed E-state index contributed by atoms with van der Waals surface area (Å²) in [5.41, 5.74) is 6.30. The Hall–Kier alpha value is -1.75. The van der Waals surface area contributed by atoms with Crippen molar-refractivity contribution in [2.45, 2.75) is 25.8 Å². The van der Waals surface area contributed by atoms with Gasteiger partial charge in [-0.3, -0.25) is 4.79 Å². The zero-order chi connectivity index (χ0) is 13.5. The van der Waals surface area contributed by atoms with Crippen LogP contribution in [-0.2, 0) is 11.2 Å². The van der Waals surface area contributed by atoms with E-state index in [1.165, 1.54) is 0 Å². The molecule has 1 aromatic rings. The molecule has 5 nitrogen and oxygen atoms in total. The lowest BCUT2D eigenvalue weighted by molar-refractivity contribution is -0.138. The first kappa shape index (κ1) is 14.3. The predicted octanol–water partition coefficient (Wildman–Crippen LogP) is 1.44. The summed E-state index contributed by atoms with van der Waals surface area (Å²) >= 11 is 0. The highest BCUT2D eigenvalue weighted by Crippen LogP contribution is 2.28. The number of aliphatic carboxylic acids is 1. The minimum Gasteiger partial charge on any atom is -0.493 e. The summed E-state index contributed by atoms with van der Waals surface area (Å²) < 4.78 is 10.7. The van der Waals surface area contributed by atoms with E-state index in [1.807, 2.05) is 6.92 Å². The lowest BCUT2D eigenvalue weighted by Crippen LogP contribution is -2.32. The number of nitrogens with two attached hydrogens (primary N) is 1. The van der Waals surface area contributed by atoms with Gasteiger partial charge in [0, 0.05) is 0 Å². The fraction of sp³-hybridized carbons (Fsp3) is 0.462. The van der Waals surface area contributed by atoms with Crippen molar-refractivity contribution in [2.24, 2.45) is 5.73 Å². The largest absolute Gasteiger partial charge is 0.493 e. The lowest BCUT2D eigenvalue weighted by atomic mass is 10.1. The van der Waals surface area contributed by atoms with Crippen LogP contribution in [0.2, 0.25) is 0 Å². The van der Waals surface area contributed by atoms with E-state index in [0.29, 0.717) is 18.1 Å². The second-order valence-electron chi connectivity index (χ2n) is 3.98. The average molecular weight is 253 g/mol. The zero-order valence-corrected chi connectivity index (χ0v) is 10.7. The molecule has 1 atom stereocenters. The van der Waals surface area contributed by atoms with Gasteiger partial charge in [0.1, 0.15) is 6.04 Å². The summed E-state index contributed by atoms with van der Waals surface area (Å²) in [6.07, 6.45) is 1.18. The molecule has 0 aliphatic rings. The molecule has 0 saturated carbocycles. The number of rotatable bonds is 7. The molecule has 0 bridgehead atoms. The first-order chi connectivity index (χ1) is 8.58. The summed E-state index contributed by atoms with van der Waals surface area (Å²) in [6.45, 7) is 2.64. The van der Waals surface area contributed by atoms with Crippen LogP contribution < -0.4 is 15.2 Å². The normalized spacial score (nSPS) is 11.9. The van der Waals surface area contributed by atoms with Gasteiger partial charge < -0.3 is 20.3 Å². The van der Waals surface area contributed by atoms with Crippen LogP contribution in [0.4, 0.5) is 0 Å². The Bertz CT molecular complexity index is 406. The van der Waals surface area contributed by atoms with Crippen molar-refractivity contribution in [3.63, 3.8) is 0 Å². The van der Waals surface area contributed by atoms with Crippen molar-refractivity contribution >= 4 is 5.97 Å². The van der Waals surface area contributed by atoms with Gasteiger partial charge in [0.2, 0.25) is 0 Å². The standard InChI is InChI=1S/C13H19NO4/c1-3-6-18-11-5-4-9(8-12(11)17-2)7-10(14)13(15)16/h4-5,8,10H,3,6-7,14H2,1-2H3,(H,15,16). The monoisotopic (exact) mass is 253 g/mol. The number of carboxylic acid groups (broad SMARTS) is 1. The summed E-state index contributed by atoms with van der Waals surface area (Å²) in [6, 6.07) is 4.43. The fourth-order valence-electron chi connectivity index (χ4n) is 1.51. The van der Waals surface area contributed by atoms with E-state index in [-0.39, 0.29) is 6.42 Å². The van der Waals surface area contributed by atoms with Gasteiger partial charge in [-0.05, 0) is 30.5 Å². The van der Waals surface area contributed by atoms with Crippen LogP contribution in [0.15, 0.2) is 18.2 Å². The molecule has 3 N–H and O–H groups in total. The van der Waals surface area contributed by atoms with Crippen molar-refractivity contribution in [2.75, 3.05) is 13.7 Å². The molecule has 1 rings (SSSR count). The average Bonchev–Trinajstić information content (AvgIpc) is 2.36. The molecule has 1 aromatic carbocycles. The number of hydrogen-bond acceptors (Lipinski definition) is 4. The molecule has 0 aromatic heterocycles. The van der Waals surface area contributed by atoms with Crippen molar-refractivity contribution in [1.82, 2.24) is 0 Å². The highest BCUT2D eigenvalue weighted by atomic mass is 16.5. The van der Waals surface area contributed by atoms with Crippen LogP contribution >= 0.6 is 0 Å². The molecule has 5 heteroatoms. The molecule has 1 unspecified atom stereocenters. The van der Waals surface area contributed by atoms with Crippen LogP contribution in [0, 0.1) is 0 Å². The maximum Gasteiger partial charge on any atom is 0.320 e. The maximum absolute atomic E-state index is 10.7. The summed E-state index contributed by atoms with van der Waals surface area (Å²) in [5.74, 6) is 0.241. The number of carboxylic acids is 1. The van der Waals surface area contributed by atoms with Crippen LogP contribution in [-0.4, -0.2) is 30.8 Å². The van der Waals surface area contributed by atoms with Crippen LogP contribution in [0.25, 0.3) is 0 Å². The third-order valence-electron chi connectivity index (χ3n) is 2.46. The molecule has 0 radical (unpaired) electrons. The van der Waals surface area contributed by atoms with Gasteiger partial charge in [-0.2, -0.15) is 0 Å². The highest BCUT2D eigenvalue weighted by molar-refractivity contribution is 5.73. The van der Waals surface area contributed by atoms with Gasteiger partial charge in [-0.15, -0.1) is 0 Å². The molecule has 0 amide bonds. The second-order valence-corrected chi connectivity index (χ2v) is 3.98. The van der Waals surface area contributed by atoms with Gasteiger partial charge in [0.15, 0.2) is 11.5 Å². The fourth-order valence-corrected chi connectivity index (χ4v) is 1.51. The van der Waals surface area contributed by atoms with Crippen molar-refractivity contribution in [3.05, 3.63) is 23.8 Å². The van der Waals surface area contributed by atoms with Gasteiger partial charge in [-0.1, -0.05) is 13.0 Å². The van der Waals surface area contributed by atoms with Crippen molar-refractivity contribution in [1.29, 1.82) is 0 Å². The van der Waals surface area contributed by atoms with E-state index in [2.05, 4.69) is 0 Å². The molecule has 0 fully saturated rings. The Morgan fingerprint density at radius 3 is 2.72 bits per heavy atom. The molecule has 100 valence electrons. The summed E-state index contributed by atoms with van der Waals surface area (Å²) in [5, 5.41) is 8.76. The van der Waals surface area contributed by atoms with E-state index >= 15 is 0 Å². The SMILES string of the molecule is CCCOc1ccc(CC(N)C(=O)O)cc1OC. The highest BCUT2D eigenvalue weighted by Gasteiger charge is 2.13. The van der Waals surface area contributed by atoms with Crippen LogP contribution in [0.5, 0.6) is 11.5 Å². The van der Waals surface area contributed by atoms with Crippen molar-refractivity contribution < 1.29 is 19.4 Å². The number of hydrogen-bond donors (Lipinski definition) is 2. The van der Waals surface area contributed by atoms with E-state index < -0.39 is 12.0 Å². The van der Waals surface area contributed by atoms with Crippen molar-refractivity contribution in [3.8, 4) is 11.5 Å². The topological polar surface area (TPSA) is 81.8 Å². The first-order valence-electron chi connectivity index (χ1n) is 5.86. The van der Waals surface area contributed by atoms with Crippen LogP contribution in [0.3, 0.4) is 0 Å². The molecule has 0 heterocycles. The molecule has 18 heavy (non-hydrogen) atoms. The van der Waals surface area contributed by atoms with E-state index in [9.17, 15) is 4.79 Å². The summed E-state index contributed by atoms with van der Waals surface area (Å²) in [7, 11) is 1.55. The Kier molecular flexibility index (Phi) is 5.45. The van der Waals surface area contributed by atoms with Gasteiger partial charge in [0.05, 0.1) is 13.7 Å². The van der Waals surface area contributed by atoms with E-state index in [0.717, 1.165) is 12.0 Å². The van der Waals surface area contributed by atoms with Gasteiger partial charge in [-0.25, -0.2) is 0 Å². The van der Waals surface area contributed by atoms with Crippen LogP contribution in [0.1, 0.15) is 18.9 Å².